The maximum absolute atomic E-state index is 10.6. The maximum Gasteiger partial charge on any atom is 0.268 e. The summed E-state index contributed by atoms with van der Waals surface area (Å²) in [4.78, 5) is 14.4. The fourth-order valence-electron chi connectivity index (χ4n) is 0.634. The summed E-state index contributed by atoms with van der Waals surface area (Å²) in [5.41, 5.74) is 11.2. The van der Waals surface area contributed by atoms with Gasteiger partial charge in [-0.3, -0.25) is 4.79 Å². The fraction of sp³-hybridized carbons (Fsp3) is 0. The lowest BCUT2D eigenvalue weighted by atomic mass is 10.3. The Labute approximate surface area is 77.1 Å². The Morgan fingerprint density at radius 2 is 2.27 bits per heavy atom. The molecule has 0 aromatic carbocycles. The SMILES string of the molecule is NC(=O)c1ncc(N)cc1I. The van der Waals surface area contributed by atoms with E-state index >= 15 is 0 Å². The summed E-state index contributed by atoms with van der Waals surface area (Å²) in [5.74, 6) is -0.533. The minimum absolute atomic E-state index is 0.264. The van der Waals surface area contributed by atoms with Crippen LogP contribution >= 0.6 is 22.6 Å². The van der Waals surface area contributed by atoms with Crippen molar-refractivity contribution in [2.45, 2.75) is 0 Å². The van der Waals surface area contributed by atoms with E-state index in [0.29, 0.717) is 9.26 Å². The molecule has 0 unspecified atom stereocenters. The van der Waals surface area contributed by atoms with Crippen molar-refractivity contribution in [2.24, 2.45) is 5.73 Å². The van der Waals surface area contributed by atoms with Crippen LogP contribution in [0.2, 0.25) is 0 Å². The number of anilines is 1. The van der Waals surface area contributed by atoms with Crippen molar-refractivity contribution in [3.8, 4) is 0 Å². The van der Waals surface area contributed by atoms with E-state index in [4.69, 9.17) is 11.5 Å². The van der Waals surface area contributed by atoms with Crippen LogP contribution in [0.4, 0.5) is 5.69 Å². The van der Waals surface area contributed by atoms with Gasteiger partial charge in [-0.15, -0.1) is 0 Å². The van der Waals surface area contributed by atoms with Crippen molar-refractivity contribution in [3.05, 3.63) is 21.5 Å². The number of hydrogen-bond donors (Lipinski definition) is 2. The van der Waals surface area contributed by atoms with Gasteiger partial charge in [-0.2, -0.15) is 0 Å². The number of rotatable bonds is 1. The standard InChI is InChI=1S/C6H6IN3O/c7-4-1-3(8)2-10-5(4)6(9)11/h1-2H,8H2,(H2,9,11). The van der Waals surface area contributed by atoms with Crippen LogP contribution in [-0.4, -0.2) is 10.9 Å². The molecule has 11 heavy (non-hydrogen) atoms. The number of aromatic nitrogens is 1. The van der Waals surface area contributed by atoms with Gasteiger partial charge in [0.2, 0.25) is 0 Å². The minimum atomic E-state index is -0.533. The van der Waals surface area contributed by atoms with Gasteiger partial charge in [0.05, 0.1) is 11.9 Å². The number of halogens is 1. The van der Waals surface area contributed by atoms with Crippen LogP contribution in [0.3, 0.4) is 0 Å². The van der Waals surface area contributed by atoms with Crippen molar-refractivity contribution in [3.63, 3.8) is 0 Å². The van der Waals surface area contributed by atoms with Gasteiger partial charge >= 0.3 is 0 Å². The largest absolute Gasteiger partial charge is 0.397 e. The molecule has 0 atom stereocenters. The van der Waals surface area contributed by atoms with E-state index in [0.717, 1.165) is 0 Å². The molecule has 5 heteroatoms. The fourth-order valence-corrected chi connectivity index (χ4v) is 1.40. The molecule has 1 heterocycles. The molecule has 0 saturated heterocycles. The summed E-state index contributed by atoms with van der Waals surface area (Å²) in [5, 5.41) is 0. The van der Waals surface area contributed by atoms with Crippen LogP contribution in [-0.2, 0) is 0 Å². The molecule has 1 rings (SSSR count). The molecular formula is C6H6IN3O. The van der Waals surface area contributed by atoms with E-state index in [9.17, 15) is 4.79 Å². The molecule has 0 aliphatic rings. The first-order chi connectivity index (χ1) is 5.11. The Morgan fingerprint density at radius 3 is 2.73 bits per heavy atom. The molecule has 4 N–H and O–H groups in total. The molecule has 0 bridgehead atoms. The van der Waals surface area contributed by atoms with Gasteiger partial charge in [0.25, 0.3) is 5.91 Å². The maximum atomic E-state index is 10.6. The normalized spacial score (nSPS) is 9.55. The van der Waals surface area contributed by atoms with Gasteiger partial charge in [0, 0.05) is 3.57 Å². The third-order valence-corrected chi connectivity index (χ3v) is 1.92. The Bertz CT molecular complexity index is 300. The number of primary amides is 1. The summed E-state index contributed by atoms with van der Waals surface area (Å²) in [6, 6.07) is 1.65. The van der Waals surface area contributed by atoms with Crippen LogP contribution in [0, 0.1) is 3.57 Å². The van der Waals surface area contributed by atoms with Crippen molar-refractivity contribution in [1.82, 2.24) is 4.98 Å². The monoisotopic (exact) mass is 263 g/mol. The Kier molecular flexibility index (Phi) is 2.28. The first-order valence-electron chi connectivity index (χ1n) is 2.82. The van der Waals surface area contributed by atoms with E-state index < -0.39 is 5.91 Å². The minimum Gasteiger partial charge on any atom is -0.397 e. The van der Waals surface area contributed by atoms with Crippen LogP contribution in [0.1, 0.15) is 10.5 Å². The molecule has 0 aliphatic heterocycles. The summed E-state index contributed by atoms with van der Waals surface area (Å²) in [6.45, 7) is 0. The van der Waals surface area contributed by atoms with Crippen LogP contribution in [0.5, 0.6) is 0 Å². The third kappa shape index (κ3) is 1.79. The van der Waals surface area contributed by atoms with Crippen molar-refractivity contribution >= 4 is 34.2 Å². The van der Waals surface area contributed by atoms with Gasteiger partial charge in [0.15, 0.2) is 0 Å². The van der Waals surface area contributed by atoms with Gasteiger partial charge in [-0.1, -0.05) is 0 Å². The molecular weight excluding hydrogens is 257 g/mol. The van der Waals surface area contributed by atoms with Crippen LogP contribution < -0.4 is 11.5 Å². The summed E-state index contributed by atoms with van der Waals surface area (Å²) >= 11 is 1.96. The molecule has 0 aliphatic carbocycles. The van der Waals surface area contributed by atoms with Crippen molar-refractivity contribution < 1.29 is 4.79 Å². The predicted octanol–water partition coefficient (Wildman–Crippen LogP) is 0.367. The number of nitrogen functional groups attached to an aromatic ring is 1. The van der Waals surface area contributed by atoms with Gasteiger partial charge in [0.1, 0.15) is 5.69 Å². The lowest BCUT2D eigenvalue weighted by molar-refractivity contribution is 0.0994. The molecule has 1 aromatic rings. The molecule has 1 aromatic heterocycles. The van der Waals surface area contributed by atoms with E-state index in [2.05, 4.69) is 4.98 Å². The second-order valence-corrected chi connectivity index (χ2v) is 3.13. The molecule has 0 radical (unpaired) electrons. The van der Waals surface area contributed by atoms with Crippen molar-refractivity contribution in [2.75, 3.05) is 5.73 Å². The van der Waals surface area contributed by atoms with Crippen molar-refractivity contribution in [1.29, 1.82) is 0 Å². The Balaban J connectivity index is 3.20. The Morgan fingerprint density at radius 1 is 1.64 bits per heavy atom. The molecule has 4 nitrogen and oxygen atoms in total. The highest BCUT2D eigenvalue weighted by Crippen LogP contribution is 2.11. The topological polar surface area (TPSA) is 82.0 Å². The number of carbonyl (C=O) groups is 1. The number of nitrogens with two attached hydrogens (primary N) is 2. The second-order valence-electron chi connectivity index (χ2n) is 1.96. The zero-order chi connectivity index (χ0) is 8.43. The quantitative estimate of drug-likeness (QED) is 0.718. The van der Waals surface area contributed by atoms with E-state index in [-0.39, 0.29) is 5.69 Å². The number of pyridine rings is 1. The lowest BCUT2D eigenvalue weighted by Crippen LogP contribution is -2.14. The number of hydrogen-bond acceptors (Lipinski definition) is 3. The average molecular weight is 263 g/mol. The molecule has 58 valence electrons. The van der Waals surface area contributed by atoms with Crippen LogP contribution in [0.25, 0.3) is 0 Å². The average Bonchev–Trinajstić information content (AvgIpc) is 1.85. The van der Waals surface area contributed by atoms with Gasteiger partial charge < -0.3 is 11.5 Å². The van der Waals surface area contributed by atoms with Gasteiger partial charge in [-0.25, -0.2) is 4.98 Å². The first kappa shape index (κ1) is 8.25. The number of carbonyl (C=O) groups excluding carboxylic acids is 1. The highest BCUT2D eigenvalue weighted by molar-refractivity contribution is 14.1. The van der Waals surface area contributed by atoms with Gasteiger partial charge in [-0.05, 0) is 28.7 Å². The Hall–Kier alpha value is -0.850. The molecule has 0 fully saturated rings. The van der Waals surface area contributed by atoms with E-state index in [1.165, 1.54) is 6.20 Å². The molecule has 1 amide bonds. The van der Waals surface area contributed by atoms with Crippen LogP contribution in [0.15, 0.2) is 12.3 Å². The second kappa shape index (κ2) is 3.04. The summed E-state index contributed by atoms with van der Waals surface area (Å²) < 4.78 is 0.676. The van der Waals surface area contributed by atoms with E-state index in [1.54, 1.807) is 6.07 Å². The smallest absolute Gasteiger partial charge is 0.268 e. The highest BCUT2D eigenvalue weighted by Gasteiger charge is 2.06. The number of amides is 1. The first-order valence-corrected chi connectivity index (χ1v) is 3.90. The highest BCUT2D eigenvalue weighted by atomic mass is 127. The molecule has 0 saturated carbocycles. The molecule has 0 spiro atoms. The zero-order valence-electron chi connectivity index (χ0n) is 5.54. The summed E-state index contributed by atoms with van der Waals surface area (Å²) in [7, 11) is 0. The third-order valence-electron chi connectivity index (χ3n) is 1.10. The lowest BCUT2D eigenvalue weighted by Gasteiger charge is -1.98. The van der Waals surface area contributed by atoms with E-state index in [1.807, 2.05) is 22.6 Å². The zero-order valence-corrected chi connectivity index (χ0v) is 7.70. The summed E-state index contributed by atoms with van der Waals surface area (Å²) in [6.07, 6.45) is 1.41. The predicted molar refractivity (Wildman–Crippen MR) is 49.9 cm³/mol. The number of nitrogens with zero attached hydrogens (tertiary/aromatic N) is 1.